The molecule has 1 rings (SSSR count). The number of nitrogens with zero attached hydrogens (tertiary/aromatic N) is 3. The zero-order valence-corrected chi connectivity index (χ0v) is 11.7. The molecule has 3 heteroatoms. The van der Waals surface area contributed by atoms with E-state index in [-0.39, 0.29) is 0 Å². The van der Waals surface area contributed by atoms with Crippen molar-refractivity contribution in [2.45, 2.75) is 78.7 Å². The van der Waals surface area contributed by atoms with Gasteiger partial charge in [0.25, 0.3) is 0 Å². The summed E-state index contributed by atoms with van der Waals surface area (Å²) in [5.41, 5.74) is 2.63. The van der Waals surface area contributed by atoms with Gasteiger partial charge < -0.3 is 0 Å². The van der Waals surface area contributed by atoms with Gasteiger partial charge in [0.2, 0.25) is 0 Å². The molecule has 1 aromatic rings. The van der Waals surface area contributed by atoms with Crippen LogP contribution in [0.25, 0.3) is 0 Å². The Kier molecular flexibility index (Phi) is 6.90. The van der Waals surface area contributed by atoms with Crippen LogP contribution in [0, 0.1) is 0 Å². The zero-order valence-electron chi connectivity index (χ0n) is 11.7. The average molecular weight is 237 g/mol. The minimum atomic E-state index is 0.947. The zero-order chi connectivity index (χ0) is 12.5. The summed E-state index contributed by atoms with van der Waals surface area (Å²) in [6.07, 6.45) is 9.93. The minimum absolute atomic E-state index is 0.947. The molecular formula is C14H27N3. The van der Waals surface area contributed by atoms with Crippen LogP contribution >= 0.6 is 0 Å². The van der Waals surface area contributed by atoms with Crippen LogP contribution < -0.4 is 0 Å². The Labute approximate surface area is 106 Å². The molecule has 0 N–H and O–H groups in total. The Morgan fingerprint density at radius 1 is 0.882 bits per heavy atom. The number of rotatable bonds is 9. The topological polar surface area (TPSA) is 30.7 Å². The van der Waals surface area contributed by atoms with Gasteiger partial charge in [-0.1, -0.05) is 44.7 Å². The molecule has 0 atom stereocenters. The van der Waals surface area contributed by atoms with Crippen molar-refractivity contribution in [1.82, 2.24) is 15.0 Å². The van der Waals surface area contributed by atoms with E-state index in [4.69, 9.17) is 0 Å². The SMILES string of the molecule is CCCCCc1nnn(CC)c1CCCCC. The number of aromatic nitrogens is 3. The highest BCUT2D eigenvalue weighted by Gasteiger charge is 2.10. The van der Waals surface area contributed by atoms with Gasteiger partial charge >= 0.3 is 0 Å². The molecule has 0 aliphatic heterocycles. The summed E-state index contributed by atoms with van der Waals surface area (Å²) in [6.45, 7) is 7.58. The van der Waals surface area contributed by atoms with E-state index in [0.717, 1.165) is 19.4 Å². The van der Waals surface area contributed by atoms with Gasteiger partial charge in [0.1, 0.15) is 0 Å². The predicted molar refractivity (Wildman–Crippen MR) is 72.2 cm³/mol. The normalized spacial score (nSPS) is 11.0. The van der Waals surface area contributed by atoms with Gasteiger partial charge in [0, 0.05) is 6.54 Å². The summed E-state index contributed by atoms with van der Waals surface area (Å²) in [7, 11) is 0. The first-order chi connectivity index (χ1) is 8.33. The third kappa shape index (κ3) is 4.49. The summed E-state index contributed by atoms with van der Waals surface area (Å²) in [5, 5.41) is 8.61. The van der Waals surface area contributed by atoms with E-state index in [1.54, 1.807) is 0 Å². The summed E-state index contributed by atoms with van der Waals surface area (Å²) in [5.74, 6) is 0. The molecule has 0 amide bonds. The van der Waals surface area contributed by atoms with Gasteiger partial charge in [-0.15, -0.1) is 5.10 Å². The van der Waals surface area contributed by atoms with Gasteiger partial charge in [0.05, 0.1) is 11.4 Å². The highest BCUT2D eigenvalue weighted by molar-refractivity contribution is 5.10. The molecule has 98 valence electrons. The van der Waals surface area contributed by atoms with Gasteiger partial charge in [0.15, 0.2) is 0 Å². The van der Waals surface area contributed by atoms with Gasteiger partial charge in [-0.25, -0.2) is 4.68 Å². The standard InChI is InChI=1S/C14H27N3/c1-4-7-9-11-13-14(12-10-8-5-2)17(6-3)16-15-13/h4-12H2,1-3H3. The second-order valence-electron chi connectivity index (χ2n) is 4.71. The van der Waals surface area contributed by atoms with E-state index < -0.39 is 0 Å². The quantitative estimate of drug-likeness (QED) is 0.612. The fraction of sp³-hybridized carbons (Fsp3) is 0.857. The second kappa shape index (κ2) is 8.26. The molecule has 0 unspecified atom stereocenters. The maximum absolute atomic E-state index is 4.35. The molecule has 0 spiro atoms. The molecule has 3 nitrogen and oxygen atoms in total. The van der Waals surface area contributed by atoms with Gasteiger partial charge in [-0.05, 0) is 32.6 Å². The summed E-state index contributed by atoms with van der Waals surface area (Å²) in [4.78, 5) is 0. The number of aryl methyl sites for hydroxylation is 2. The molecule has 0 aliphatic rings. The Balaban J connectivity index is 2.58. The summed E-state index contributed by atoms with van der Waals surface area (Å²) < 4.78 is 2.08. The van der Waals surface area contributed by atoms with Crippen LogP contribution in [-0.2, 0) is 19.4 Å². The monoisotopic (exact) mass is 237 g/mol. The lowest BCUT2D eigenvalue weighted by Gasteiger charge is -2.05. The first-order valence-electron chi connectivity index (χ1n) is 7.24. The van der Waals surface area contributed by atoms with E-state index in [1.165, 1.54) is 49.9 Å². The summed E-state index contributed by atoms with van der Waals surface area (Å²) in [6, 6.07) is 0. The van der Waals surface area contributed by atoms with E-state index in [9.17, 15) is 0 Å². The molecule has 0 saturated heterocycles. The highest BCUT2D eigenvalue weighted by Crippen LogP contribution is 2.13. The number of hydrogen-bond acceptors (Lipinski definition) is 2. The molecule has 0 aromatic carbocycles. The van der Waals surface area contributed by atoms with Crippen LogP contribution in [0.2, 0.25) is 0 Å². The summed E-state index contributed by atoms with van der Waals surface area (Å²) >= 11 is 0. The van der Waals surface area contributed by atoms with Crippen LogP contribution in [0.3, 0.4) is 0 Å². The van der Waals surface area contributed by atoms with Crippen LogP contribution in [0.5, 0.6) is 0 Å². The fourth-order valence-electron chi connectivity index (χ4n) is 2.18. The maximum Gasteiger partial charge on any atom is 0.0859 e. The van der Waals surface area contributed by atoms with Crippen molar-refractivity contribution in [3.8, 4) is 0 Å². The maximum atomic E-state index is 4.35. The third-order valence-electron chi connectivity index (χ3n) is 3.25. The molecule has 0 radical (unpaired) electrons. The van der Waals surface area contributed by atoms with E-state index >= 15 is 0 Å². The number of hydrogen-bond donors (Lipinski definition) is 0. The van der Waals surface area contributed by atoms with Crippen LogP contribution in [0.15, 0.2) is 0 Å². The van der Waals surface area contributed by atoms with Gasteiger partial charge in [-0.2, -0.15) is 0 Å². The second-order valence-corrected chi connectivity index (χ2v) is 4.71. The first kappa shape index (κ1) is 14.2. The van der Waals surface area contributed by atoms with Crippen molar-refractivity contribution in [3.05, 3.63) is 11.4 Å². The fourth-order valence-corrected chi connectivity index (χ4v) is 2.18. The molecule has 0 bridgehead atoms. The van der Waals surface area contributed by atoms with Crippen molar-refractivity contribution >= 4 is 0 Å². The molecular weight excluding hydrogens is 210 g/mol. The number of unbranched alkanes of at least 4 members (excludes halogenated alkanes) is 4. The lowest BCUT2D eigenvalue weighted by molar-refractivity contribution is 0.581. The largest absolute Gasteiger partial charge is 0.249 e. The molecule has 0 aliphatic carbocycles. The highest BCUT2D eigenvalue weighted by atomic mass is 15.4. The van der Waals surface area contributed by atoms with Crippen LogP contribution in [-0.4, -0.2) is 15.0 Å². The smallest absolute Gasteiger partial charge is 0.0859 e. The van der Waals surface area contributed by atoms with E-state index in [1.807, 2.05) is 0 Å². The van der Waals surface area contributed by atoms with E-state index in [0.29, 0.717) is 0 Å². The van der Waals surface area contributed by atoms with E-state index in [2.05, 4.69) is 35.8 Å². The molecule has 1 heterocycles. The lowest BCUT2D eigenvalue weighted by Crippen LogP contribution is -2.04. The van der Waals surface area contributed by atoms with Crippen molar-refractivity contribution in [3.63, 3.8) is 0 Å². The van der Waals surface area contributed by atoms with Crippen molar-refractivity contribution < 1.29 is 0 Å². The Bertz CT molecular complexity index is 304. The predicted octanol–water partition coefficient (Wildman–Crippen LogP) is 3.76. The van der Waals surface area contributed by atoms with Crippen molar-refractivity contribution in [2.75, 3.05) is 0 Å². The third-order valence-corrected chi connectivity index (χ3v) is 3.25. The Hall–Kier alpha value is -0.860. The molecule has 0 saturated carbocycles. The van der Waals surface area contributed by atoms with Crippen LogP contribution in [0.4, 0.5) is 0 Å². The van der Waals surface area contributed by atoms with Gasteiger partial charge in [-0.3, -0.25) is 0 Å². The minimum Gasteiger partial charge on any atom is -0.249 e. The average Bonchev–Trinajstić information content (AvgIpc) is 2.73. The van der Waals surface area contributed by atoms with Crippen LogP contribution in [0.1, 0.15) is 70.7 Å². The lowest BCUT2D eigenvalue weighted by atomic mass is 10.1. The first-order valence-corrected chi connectivity index (χ1v) is 7.24. The van der Waals surface area contributed by atoms with Crippen molar-refractivity contribution in [1.29, 1.82) is 0 Å². The van der Waals surface area contributed by atoms with Crippen molar-refractivity contribution in [2.24, 2.45) is 0 Å². The Morgan fingerprint density at radius 2 is 1.53 bits per heavy atom. The molecule has 0 fully saturated rings. The molecule has 1 aromatic heterocycles. The Morgan fingerprint density at radius 3 is 2.12 bits per heavy atom. The molecule has 17 heavy (non-hydrogen) atoms.